The molecule has 6 nitrogen and oxygen atoms in total. The second-order valence-electron chi connectivity index (χ2n) is 8.03. The average Bonchev–Trinajstić information content (AvgIpc) is 2.87. The van der Waals surface area contributed by atoms with E-state index in [0.717, 1.165) is 16.7 Å². The summed E-state index contributed by atoms with van der Waals surface area (Å²) >= 11 is 0. The van der Waals surface area contributed by atoms with E-state index >= 15 is 0 Å². The molecule has 1 saturated heterocycles. The molecule has 0 unspecified atom stereocenters. The van der Waals surface area contributed by atoms with Crippen molar-refractivity contribution in [2.75, 3.05) is 6.61 Å². The average molecular weight is 451 g/mol. The van der Waals surface area contributed by atoms with E-state index in [4.69, 9.17) is 18.9 Å². The Labute approximate surface area is 194 Å². The van der Waals surface area contributed by atoms with Gasteiger partial charge in [0.1, 0.15) is 24.4 Å². The number of aliphatic hydroxyl groups is 2. The van der Waals surface area contributed by atoms with E-state index in [0.29, 0.717) is 13.2 Å². The zero-order chi connectivity index (χ0) is 22.9. The number of benzene rings is 3. The summed E-state index contributed by atoms with van der Waals surface area (Å²) in [4.78, 5) is 0. The number of hydrogen-bond acceptors (Lipinski definition) is 6. The topological polar surface area (TPSA) is 77.4 Å². The van der Waals surface area contributed by atoms with E-state index < -0.39 is 30.7 Å². The molecule has 0 spiro atoms. The van der Waals surface area contributed by atoms with E-state index in [1.807, 2.05) is 91.0 Å². The van der Waals surface area contributed by atoms with Gasteiger partial charge in [-0.1, -0.05) is 91.0 Å². The van der Waals surface area contributed by atoms with Gasteiger partial charge in [-0.25, -0.2) is 0 Å². The van der Waals surface area contributed by atoms with Crippen molar-refractivity contribution in [1.29, 1.82) is 0 Å². The van der Waals surface area contributed by atoms with Crippen LogP contribution < -0.4 is 0 Å². The molecule has 4 rings (SSSR count). The maximum Gasteiger partial charge on any atom is 0.184 e. The van der Waals surface area contributed by atoms with Crippen molar-refractivity contribution in [1.82, 2.24) is 0 Å². The summed E-state index contributed by atoms with van der Waals surface area (Å²) < 4.78 is 24.3. The van der Waals surface area contributed by atoms with E-state index in [9.17, 15) is 10.2 Å². The lowest BCUT2D eigenvalue weighted by atomic mass is 9.98. The van der Waals surface area contributed by atoms with Gasteiger partial charge in [0.05, 0.1) is 26.4 Å². The minimum Gasteiger partial charge on any atom is -0.394 e. The Morgan fingerprint density at radius 3 is 1.39 bits per heavy atom. The third-order valence-electron chi connectivity index (χ3n) is 5.65. The van der Waals surface area contributed by atoms with Gasteiger partial charge < -0.3 is 29.2 Å². The van der Waals surface area contributed by atoms with Gasteiger partial charge in [0.25, 0.3) is 0 Å². The standard InChI is InChI=1S/C27H30O6/c28-16-23-24(30-17-20-10-4-1-5-11-20)25(31-18-21-12-6-2-7-13-21)26(27(29)33-23)32-19-22-14-8-3-9-15-22/h1-15,23-29H,16-19H2/t23-,24-,25-,26-,27+/m0/s1. The largest absolute Gasteiger partial charge is 0.394 e. The summed E-state index contributed by atoms with van der Waals surface area (Å²) in [5, 5.41) is 20.7. The lowest BCUT2D eigenvalue weighted by molar-refractivity contribution is -0.315. The minimum atomic E-state index is -1.26. The predicted molar refractivity (Wildman–Crippen MR) is 123 cm³/mol. The normalized spacial score (nSPS) is 25.1. The third kappa shape index (κ3) is 6.48. The monoisotopic (exact) mass is 450 g/mol. The molecule has 174 valence electrons. The summed E-state index contributed by atoms with van der Waals surface area (Å²) in [6.45, 7) is 0.601. The molecule has 0 amide bonds. The van der Waals surface area contributed by atoms with Crippen molar-refractivity contribution < 1.29 is 29.2 Å². The van der Waals surface area contributed by atoms with Gasteiger partial charge >= 0.3 is 0 Å². The highest BCUT2D eigenvalue weighted by Crippen LogP contribution is 2.29. The Kier molecular flexibility index (Phi) is 8.60. The van der Waals surface area contributed by atoms with Gasteiger partial charge in [0, 0.05) is 0 Å². The predicted octanol–water partition coefficient (Wildman–Crippen LogP) is 3.45. The minimum absolute atomic E-state index is 0.284. The highest BCUT2D eigenvalue weighted by Gasteiger charge is 2.47. The molecular formula is C27H30O6. The van der Waals surface area contributed by atoms with Crippen molar-refractivity contribution in [3.05, 3.63) is 108 Å². The molecule has 3 aromatic rings. The summed E-state index contributed by atoms with van der Waals surface area (Å²) in [5.74, 6) is 0. The summed E-state index contributed by atoms with van der Waals surface area (Å²) in [6, 6.07) is 29.3. The molecule has 33 heavy (non-hydrogen) atoms. The Balaban J connectivity index is 1.53. The molecule has 2 N–H and O–H groups in total. The molecule has 1 heterocycles. The molecular weight excluding hydrogens is 420 g/mol. The van der Waals surface area contributed by atoms with Crippen LogP contribution in [-0.4, -0.2) is 47.5 Å². The SMILES string of the molecule is OC[C@@H]1O[C@@H](O)[C@@H](OCc2ccccc2)[C@@H](OCc2ccccc2)[C@H]1OCc1ccccc1. The van der Waals surface area contributed by atoms with Crippen molar-refractivity contribution in [3.63, 3.8) is 0 Å². The number of hydrogen-bond donors (Lipinski definition) is 2. The highest BCUT2D eigenvalue weighted by molar-refractivity contribution is 5.15. The van der Waals surface area contributed by atoms with Crippen LogP contribution in [0.4, 0.5) is 0 Å². The molecule has 1 aliphatic rings. The van der Waals surface area contributed by atoms with E-state index in [2.05, 4.69) is 0 Å². The van der Waals surface area contributed by atoms with Crippen LogP contribution in [0.1, 0.15) is 16.7 Å². The van der Waals surface area contributed by atoms with Crippen LogP contribution in [0.15, 0.2) is 91.0 Å². The second-order valence-corrected chi connectivity index (χ2v) is 8.03. The van der Waals surface area contributed by atoms with E-state index in [-0.39, 0.29) is 13.2 Å². The fraction of sp³-hybridized carbons (Fsp3) is 0.333. The quantitative estimate of drug-likeness (QED) is 0.493. The molecule has 1 fully saturated rings. The zero-order valence-corrected chi connectivity index (χ0v) is 18.4. The van der Waals surface area contributed by atoms with Crippen LogP contribution in [0.25, 0.3) is 0 Å². The summed E-state index contributed by atoms with van der Waals surface area (Å²) in [7, 11) is 0. The lowest BCUT2D eigenvalue weighted by Gasteiger charge is -2.44. The van der Waals surface area contributed by atoms with Crippen LogP contribution in [0.3, 0.4) is 0 Å². The Morgan fingerprint density at radius 1 is 0.576 bits per heavy atom. The Bertz CT molecular complexity index is 937. The molecule has 1 aliphatic heterocycles. The lowest BCUT2D eigenvalue weighted by Crippen LogP contribution is -2.61. The first-order chi connectivity index (χ1) is 16.2. The number of ether oxygens (including phenoxy) is 4. The fourth-order valence-corrected chi connectivity index (χ4v) is 3.91. The van der Waals surface area contributed by atoms with Gasteiger partial charge in [-0.3, -0.25) is 0 Å². The van der Waals surface area contributed by atoms with Crippen molar-refractivity contribution in [3.8, 4) is 0 Å². The molecule has 6 heteroatoms. The van der Waals surface area contributed by atoms with Gasteiger partial charge in [-0.2, -0.15) is 0 Å². The maximum atomic E-state index is 10.7. The van der Waals surface area contributed by atoms with Crippen LogP contribution >= 0.6 is 0 Å². The maximum absolute atomic E-state index is 10.7. The second kappa shape index (κ2) is 12.0. The highest BCUT2D eigenvalue weighted by atomic mass is 16.7. The Morgan fingerprint density at radius 2 is 0.970 bits per heavy atom. The third-order valence-corrected chi connectivity index (χ3v) is 5.65. The van der Waals surface area contributed by atoms with Gasteiger partial charge in [0.15, 0.2) is 6.29 Å². The Hall–Kier alpha value is -2.58. The van der Waals surface area contributed by atoms with Crippen LogP contribution in [0.2, 0.25) is 0 Å². The van der Waals surface area contributed by atoms with Gasteiger partial charge in [0.2, 0.25) is 0 Å². The first kappa shape index (κ1) is 23.6. The van der Waals surface area contributed by atoms with E-state index in [1.54, 1.807) is 0 Å². The number of rotatable bonds is 10. The molecule has 0 radical (unpaired) electrons. The molecule has 0 aromatic heterocycles. The first-order valence-electron chi connectivity index (χ1n) is 11.2. The van der Waals surface area contributed by atoms with Crippen molar-refractivity contribution >= 4 is 0 Å². The fourth-order valence-electron chi connectivity index (χ4n) is 3.91. The van der Waals surface area contributed by atoms with Crippen molar-refractivity contribution in [2.45, 2.75) is 50.5 Å². The van der Waals surface area contributed by atoms with Crippen molar-refractivity contribution in [2.24, 2.45) is 0 Å². The number of aliphatic hydroxyl groups excluding tert-OH is 2. The molecule has 5 atom stereocenters. The molecule has 3 aromatic carbocycles. The van der Waals surface area contributed by atoms with E-state index in [1.165, 1.54) is 0 Å². The molecule has 0 aliphatic carbocycles. The smallest absolute Gasteiger partial charge is 0.184 e. The summed E-state index contributed by atoms with van der Waals surface area (Å²) in [6.07, 6.45) is -4.09. The van der Waals surface area contributed by atoms with Crippen LogP contribution in [-0.2, 0) is 38.8 Å². The van der Waals surface area contributed by atoms with Gasteiger partial charge in [-0.05, 0) is 16.7 Å². The van der Waals surface area contributed by atoms with Crippen LogP contribution in [0, 0.1) is 0 Å². The van der Waals surface area contributed by atoms with Crippen LogP contribution in [0.5, 0.6) is 0 Å². The first-order valence-corrected chi connectivity index (χ1v) is 11.2. The zero-order valence-electron chi connectivity index (χ0n) is 18.4. The van der Waals surface area contributed by atoms with Gasteiger partial charge in [-0.15, -0.1) is 0 Å². The molecule has 0 bridgehead atoms. The summed E-state index contributed by atoms with van der Waals surface area (Å²) in [5.41, 5.74) is 2.95. The molecule has 0 saturated carbocycles.